The van der Waals surface area contributed by atoms with Crippen LogP contribution in [0.4, 0.5) is 0 Å². The fourth-order valence-electron chi connectivity index (χ4n) is 3.34. The predicted octanol–water partition coefficient (Wildman–Crippen LogP) is 2.23. The Labute approximate surface area is 155 Å². The van der Waals surface area contributed by atoms with Gasteiger partial charge in [0, 0.05) is 44.5 Å². The summed E-state index contributed by atoms with van der Waals surface area (Å²) >= 11 is 0. The monoisotopic (exact) mass is 356 g/mol. The SMILES string of the molecule is CN(C)CCn1ccnc1C1CCCN(C(=O)COc2ccccc2)C1. The number of likely N-dealkylation sites (tertiary alicyclic amines) is 1. The van der Waals surface area contributed by atoms with Crippen molar-refractivity contribution in [3.63, 3.8) is 0 Å². The number of benzene rings is 1. The van der Waals surface area contributed by atoms with Gasteiger partial charge in [-0.3, -0.25) is 4.79 Å². The minimum Gasteiger partial charge on any atom is -0.484 e. The Kier molecular flexibility index (Phi) is 6.28. The standard InChI is InChI=1S/C20H28N4O2/c1-22(2)13-14-23-12-10-21-20(23)17-7-6-11-24(15-17)19(25)16-26-18-8-4-3-5-9-18/h3-5,8-10,12,17H,6-7,11,13-16H2,1-2H3. The van der Waals surface area contributed by atoms with E-state index in [-0.39, 0.29) is 12.5 Å². The number of rotatable bonds is 7. The molecule has 2 aromatic rings. The Balaban J connectivity index is 1.57. The Hall–Kier alpha value is -2.34. The van der Waals surface area contributed by atoms with E-state index < -0.39 is 0 Å². The van der Waals surface area contributed by atoms with Crippen LogP contribution in [0.1, 0.15) is 24.6 Å². The molecule has 6 heteroatoms. The molecule has 1 aliphatic heterocycles. The summed E-state index contributed by atoms with van der Waals surface area (Å²) in [5.74, 6) is 2.16. The maximum absolute atomic E-state index is 12.6. The number of imidazole rings is 1. The minimum absolute atomic E-state index is 0.0463. The molecule has 2 heterocycles. The van der Waals surface area contributed by atoms with Crippen molar-refractivity contribution in [2.75, 3.05) is 40.3 Å². The second kappa shape index (κ2) is 8.85. The molecule has 0 saturated carbocycles. The Morgan fingerprint density at radius 1 is 1.31 bits per heavy atom. The van der Waals surface area contributed by atoms with Gasteiger partial charge >= 0.3 is 0 Å². The van der Waals surface area contributed by atoms with Crippen LogP contribution in [-0.4, -0.2) is 65.6 Å². The predicted molar refractivity (Wildman–Crippen MR) is 101 cm³/mol. The number of hydrogen-bond donors (Lipinski definition) is 0. The normalized spacial score (nSPS) is 17.5. The summed E-state index contributed by atoms with van der Waals surface area (Å²) in [5, 5.41) is 0. The van der Waals surface area contributed by atoms with Crippen molar-refractivity contribution in [3.05, 3.63) is 48.5 Å². The molecule has 0 bridgehead atoms. The molecule has 1 amide bonds. The average molecular weight is 356 g/mol. The molecule has 1 atom stereocenters. The minimum atomic E-state index is 0.0463. The average Bonchev–Trinajstić information content (AvgIpc) is 3.14. The summed E-state index contributed by atoms with van der Waals surface area (Å²) in [4.78, 5) is 21.2. The maximum Gasteiger partial charge on any atom is 0.260 e. The van der Waals surface area contributed by atoms with Gasteiger partial charge in [0.05, 0.1) is 0 Å². The van der Waals surface area contributed by atoms with E-state index in [4.69, 9.17) is 4.74 Å². The van der Waals surface area contributed by atoms with Crippen molar-refractivity contribution in [2.45, 2.75) is 25.3 Å². The lowest BCUT2D eigenvalue weighted by atomic mass is 9.97. The fraction of sp³-hybridized carbons (Fsp3) is 0.500. The van der Waals surface area contributed by atoms with E-state index in [9.17, 15) is 4.79 Å². The fourth-order valence-corrected chi connectivity index (χ4v) is 3.34. The number of likely N-dealkylation sites (N-methyl/N-ethyl adjacent to an activating group) is 1. The molecule has 1 aromatic heterocycles. The highest BCUT2D eigenvalue weighted by Gasteiger charge is 2.27. The number of para-hydroxylation sites is 1. The van der Waals surface area contributed by atoms with Crippen LogP contribution in [-0.2, 0) is 11.3 Å². The third-order valence-electron chi connectivity index (χ3n) is 4.78. The molecule has 0 spiro atoms. The van der Waals surface area contributed by atoms with Gasteiger partial charge in [0.25, 0.3) is 5.91 Å². The van der Waals surface area contributed by atoms with Crippen molar-refractivity contribution in [3.8, 4) is 5.75 Å². The van der Waals surface area contributed by atoms with Gasteiger partial charge in [-0.2, -0.15) is 0 Å². The van der Waals surface area contributed by atoms with Crippen LogP contribution < -0.4 is 4.74 Å². The molecule has 1 fully saturated rings. The van der Waals surface area contributed by atoms with Gasteiger partial charge in [-0.1, -0.05) is 18.2 Å². The Morgan fingerprint density at radius 2 is 2.12 bits per heavy atom. The van der Waals surface area contributed by atoms with E-state index >= 15 is 0 Å². The molecule has 1 aliphatic rings. The van der Waals surface area contributed by atoms with E-state index in [1.807, 2.05) is 47.6 Å². The van der Waals surface area contributed by atoms with Crippen molar-refractivity contribution in [1.82, 2.24) is 19.4 Å². The molecule has 0 N–H and O–H groups in total. The second-order valence-electron chi connectivity index (χ2n) is 7.06. The number of hydrogen-bond acceptors (Lipinski definition) is 4. The van der Waals surface area contributed by atoms with Crippen LogP contribution in [0, 0.1) is 0 Å². The summed E-state index contributed by atoms with van der Waals surface area (Å²) in [6, 6.07) is 9.48. The number of nitrogens with zero attached hydrogens (tertiary/aromatic N) is 4. The van der Waals surface area contributed by atoms with E-state index in [2.05, 4.69) is 28.5 Å². The van der Waals surface area contributed by atoms with Crippen molar-refractivity contribution < 1.29 is 9.53 Å². The summed E-state index contributed by atoms with van der Waals surface area (Å²) in [6.45, 7) is 3.50. The van der Waals surface area contributed by atoms with Gasteiger partial charge in [0.15, 0.2) is 6.61 Å². The van der Waals surface area contributed by atoms with E-state index in [1.165, 1.54) is 0 Å². The molecule has 0 radical (unpaired) electrons. The van der Waals surface area contributed by atoms with E-state index in [0.717, 1.165) is 50.6 Å². The van der Waals surface area contributed by atoms with Gasteiger partial charge in [0.1, 0.15) is 11.6 Å². The summed E-state index contributed by atoms with van der Waals surface area (Å²) in [6.07, 6.45) is 5.98. The third-order valence-corrected chi connectivity index (χ3v) is 4.78. The highest BCUT2D eigenvalue weighted by atomic mass is 16.5. The van der Waals surface area contributed by atoms with Crippen molar-refractivity contribution in [2.24, 2.45) is 0 Å². The first-order valence-corrected chi connectivity index (χ1v) is 9.25. The Morgan fingerprint density at radius 3 is 2.88 bits per heavy atom. The van der Waals surface area contributed by atoms with E-state index in [1.54, 1.807) is 0 Å². The second-order valence-corrected chi connectivity index (χ2v) is 7.06. The highest BCUT2D eigenvalue weighted by Crippen LogP contribution is 2.26. The smallest absolute Gasteiger partial charge is 0.260 e. The number of carbonyl (C=O) groups excluding carboxylic acids is 1. The number of aromatic nitrogens is 2. The van der Waals surface area contributed by atoms with Crippen LogP contribution in [0.5, 0.6) is 5.75 Å². The van der Waals surface area contributed by atoms with Gasteiger partial charge in [-0.15, -0.1) is 0 Å². The zero-order valence-corrected chi connectivity index (χ0v) is 15.7. The number of carbonyl (C=O) groups is 1. The molecule has 1 unspecified atom stereocenters. The molecular formula is C20H28N4O2. The Bertz CT molecular complexity index is 699. The first-order valence-electron chi connectivity index (χ1n) is 9.25. The summed E-state index contributed by atoms with van der Waals surface area (Å²) < 4.78 is 7.84. The van der Waals surface area contributed by atoms with E-state index in [0.29, 0.717) is 5.92 Å². The van der Waals surface area contributed by atoms with Gasteiger partial charge < -0.3 is 19.1 Å². The lowest BCUT2D eigenvalue weighted by Crippen LogP contribution is -2.42. The van der Waals surface area contributed by atoms with Gasteiger partial charge in [0.2, 0.25) is 0 Å². The molecule has 26 heavy (non-hydrogen) atoms. The number of amides is 1. The topological polar surface area (TPSA) is 50.6 Å². The lowest BCUT2D eigenvalue weighted by molar-refractivity contribution is -0.134. The molecule has 140 valence electrons. The molecule has 0 aliphatic carbocycles. The van der Waals surface area contributed by atoms with Crippen molar-refractivity contribution >= 4 is 5.91 Å². The maximum atomic E-state index is 12.6. The number of piperidine rings is 1. The van der Waals surface area contributed by atoms with Crippen LogP contribution >= 0.6 is 0 Å². The lowest BCUT2D eigenvalue weighted by Gasteiger charge is -2.32. The molecule has 1 saturated heterocycles. The first kappa shape index (κ1) is 18.5. The third kappa shape index (κ3) is 4.85. The largest absolute Gasteiger partial charge is 0.484 e. The summed E-state index contributed by atoms with van der Waals surface area (Å²) in [7, 11) is 4.15. The molecule has 1 aromatic carbocycles. The van der Waals surface area contributed by atoms with Crippen LogP contribution in [0.3, 0.4) is 0 Å². The first-order chi connectivity index (χ1) is 12.6. The van der Waals surface area contributed by atoms with Gasteiger partial charge in [-0.05, 0) is 39.1 Å². The van der Waals surface area contributed by atoms with Crippen molar-refractivity contribution in [1.29, 1.82) is 0 Å². The number of ether oxygens (including phenoxy) is 1. The zero-order valence-electron chi connectivity index (χ0n) is 15.7. The summed E-state index contributed by atoms with van der Waals surface area (Å²) in [5.41, 5.74) is 0. The van der Waals surface area contributed by atoms with Crippen LogP contribution in [0.2, 0.25) is 0 Å². The highest BCUT2D eigenvalue weighted by molar-refractivity contribution is 5.78. The molecule has 3 rings (SSSR count). The quantitative estimate of drug-likeness (QED) is 0.763. The van der Waals surface area contributed by atoms with Crippen LogP contribution in [0.15, 0.2) is 42.7 Å². The van der Waals surface area contributed by atoms with Gasteiger partial charge in [-0.25, -0.2) is 4.98 Å². The van der Waals surface area contributed by atoms with Crippen LogP contribution in [0.25, 0.3) is 0 Å². The molecular weight excluding hydrogens is 328 g/mol. The zero-order chi connectivity index (χ0) is 18.4. The molecule has 6 nitrogen and oxygen atoms in total.